The van der Waals surface area contributed by atoms with E-state index >= 15 is 0 Å². The number of halogens is 2. The van der Waals surface area contributed by atoms with E-state index in [1.54, 1.807) is 6.20 Å². The summed E-state index contributed by atoms with van der Waals surface area (Å²) in [5.41, 5.74) is 9.81. The fourth-order valence-corrected chi connectivity index (χ4v) is 5.92. The third-order valence-corrected chi connectivity index (χ3v) is 8.38. The highest BCUT2D eigenvalue weighted by atomic mass is 19.1. The lowest BCUT2D eigenvalue weighted by Crippen LogP contribution is -2.40. The molecule has 0 spiro atoms. The van der Waals surface area contributed by atoms with E-state index in [0.29, 0.717) is 31.1 Å². The normalized spacial score (nSPS) is 20.7. The summed E-state index contributed by atoms with van der Waals surface area (Å²) in [6, 6.07) is 10.3. The number of nitrogens with one attached hydrogen (secondary N) is 1. The van der Waals surface area contributed by atoms with Gasteiger partial charge in [0.05, 0.1) is 12.5 Å². The minimum Gasteiger partial charge on any atom is -0.371 e. The van der Waals surface area contributed by atoms with Gasteiger partial charge in [0, 0.05) is 67.8 Å². The summed E-state index contributed by atoms with van der Waals surface area (Å²) in [4.78, 5) is 22.8. The Kier molecular flexibility index (Phi) is 7.97. The van der Waals surface area contributed by atoms with Crippen molar-refractivity contribution in [3.8, 4) is 0 Å². The number of carbonyl (C=O) groups excluding carboxylic acids is 1. The Bertz CT molecular complexity index is 1360. The molecule has 2 saturated heterocycles. The molecule has 2 aromatic carbocycles. The van der Waals surface area contributed by atoms with Gasteiger partial charge < -0.3 is 15.2 Å². The van der Waals surface area contributed by atoms with Crippen molar-refractivity contribution in [1.29, 1.82) is 0 Å². The van der Waals surface area contributed by atoms with Crippen LogP contribution in [0.5, 0.6) is 0 Å². The molecule has 0 radical (unpaired) electrons. The smallest absolute Gasteiger partial charge is 0.231 e. The van der Waals surface area contributed by atoms with Gasteiger partial charge in [0.15, 0.2) is 0 Å². The highest BCUT2D eigenvalue weighted by Gasteiger charge is 2.43. The highest BCUT2D eigenvalue weighted by Crippen LogP contribution is 2.38. The number of benzene rings is 2. The Labute approximate surface area is 235 Å². The van der Waals surface area contributed by atoms with Crippen LogP contribution in [0.15, 0.2) is 48.8 Å². The minimum absolute atomic E-state index is 0.206. The second kappa shape index (κ2) is 11.3. The maximum atomic E-state index is 14.9. The van der Waals surface area contributed by atoms with Crippen LogP contribution in [-0.4, -0.2) is 58.1 Å². The molecular weight excluding hydrogens is 510 g/mol. The van der Waals surface area contributed by atoms with E-state index in [4.69, 9.17) is 5.73 Å². The predicted octanol–water partition coefficient (Wildman–Crippen LogP) is 4.90. The van der Waals surface area contributed by atoms with Crippen LogP contribution in [0.25, 0.3) is 0 Å². The number of aryl methyl sites for hydroxylation is 1. The molecule has 5 rings (SSSR count). The minimum atomic E-state index is -0.627. The molecule has 3 aromatic rings. The van der Waals surface area contributed by atoms with E-state index in [1.807, 2.05) is 10.8 Å². The summed E-state index contributed by atoms with van der Waals surface area (Å²) in [6.07, 6.45) is 5.46. The number of imidazole rings is 1. The molecule has 40 heavy (non-hydrogen) atoms. The molecule has 3 N–H and O–H groups in total. The SMILES string of the molecule is Cc1ccc(Cn2ccnc2NC(=O)[C@@H]2CN(C(C)(C)C)C[C@H]2c2ccc(F)cc2F)c(N2CCC(N)CC2)c1. The van der Waals surface area contributed by atoms with Gasteiger partial charge in [0.25, 0.3) is 0 Å². The number of aromatic nitrogens is 2. The molecule has 214 valence electrons. The first-order valence-corrected chi connectivity index (χ1v) is 14.1. The molecule has 7 nitrogen and oxygen atoms in total. The zero-order chi connectivity index (χ0) is 28.6. The number of amides is 1. The Balaban J connectivity index is 1.37. The van der Waals surface area contributed by atoms with Crippen molar-refractivity contribution < 1.29 is 13.6 Å². The second-order valence-corrected chi connectivity index (χ2v) is 12.3. The van der Waals surface area contributed by atoms with E-state index in [0.717, 1.165) is 37.6 Å². The maximum Gasteiger partial charge on any atom is 0.231 e. The standard InChI is InChI=1S/C31H40F2N6O/c1-20-5-6-21(28(15-20)37-12-9-23(34)10-13-37)17-38-14-11-35-30(38)36-29(40)26-19-39(31(2,3)4)18-25(26)24-8-7-22(32)16-27(24)33/h5-8,11,14-16,23,25-26H,9-10,12-13,17-19,34H2,1-4H3,(H,35,36,40)/t25-,26+/m0/s1. The topological polar surface area (TPSA) is 79.4 Å². The molecule has 2 fully saturated rings. The zero-order valence-corrected chi connectivity index (χ0v) is 23.8. The summed E-state index contributed by atoms with van der Waals surface area (Å²) in [5, 5.41) is 3.03. The van der Waals surface area contributed by atoms with Crippen molar-refractivity contribution >= 4 is 17.5 Å². The van der Waals surface area contributed by atoms with Crippen molar-refractivity contribution in [2.75, 3.05) is 36.4 Å². The Morgan fingerprint density at radius 1 is 1.10 bits per heavy atom. The van der Waals surface area contributed by atoms with Crippen LogP contribution in [0.2, 0.25) is 0 Å². The third kappa shape index (κ3) is 6.05. The first-order valence-electron chi connectivity index (χ1n) is 14.1. The summed E-state index contributed by atoms with van der Waals surface area (Å²) >= 11 is 0. The number of piperidine rings is 1. The van der Waals surface area contributed by atoms with Gasteiger partial charge >= 0.3 is 0 Å². The Morgan fingerprint density at radius 2 is 1.85 bits per heavy atom. The van der Waals surface area contributed by atoms with E-state index < -0.39 is 23.5 Å². The van der Waals surface area contributed by atoms with E-state index in [2.05, 4.69) is 66.0 Å². The number of rotatable bonds is 6. The molecule has 0 aliphatic carbocycles. The summed E-state index contributed by atoms with van der Waals surface area (Å²) in [6.45, 7) is 11.7. The number of hydrogen-bond donors (Lipinski definition) is 2. The molecule has 2 aliphatic heterocycles. The van der Waals surface area contributed by atoms with E-state index in [1.165, 1.54) is 23.4 Å². The lowest BCUT2D eigenvalue weighted by atomic mass is 9.88. The third-order valence-electron chi connectivity index (χ3n) is 8.38. The van der Waals surface area contributed by atoms with Crippen molar-refractivity contribution in [1.82, 2.24) is 14.5 Å². The maximum absolute atomic E-state index is 14.9. The molecular formula is C31H40F2N6O. The molecule has 3 heterocycles. The first-order chi connectivity index (χ1) is 19.0. The summed E-state index contributed by atoms with van der Waals surface area (Å²) in [7, 11) is 0. The molecule has 2 atom stereocenters. The predicted molar refractivity (Wildman–Crippen MR) is 154 cm³/mol. The number of nitrogens with two attached hydrogens (primary N) is 1. The molecule has 9 heteroatoms. The van der Waals surface area contributed by atoms with Crippen LogP contribution < -0.4 is 16.0 Å². The van der Waals surface area contributed by atoms with Crippen LogP contribution in [0.1, 0.15) is 56.2 Å². The summed E-state index contributed by atoms with van der Waals surface area (Å²) in [5.74, 6) is -1.94. The lowest BCUT2D eigenvalue weighted by molar-refractivity contribution is -0.120. The van der Waals surface area contributed by atoms with Gasteiger partial charge in [-0.3, -0.25) is 15.0 Å². The molecule has 0 saturated carbocycles. The van der Waals surface area contributed by atoms with E-state index in [9.17, 15) is 13.6 Å². The molecule has 0 bridgehead atoms. The average molecular weight is 551 g/mol. The number of hydrogen-bond acceptors (Lipinski definition) is 5. The van der Waals surface area contributed by atoms with Crippen LogP contribution in [-0.2, 0) is 11.3 Å². The van der Waals surface area contributed by atoms with Crippen LogP contribution in [0.3, 0.4) is 0 Å². The number of anilines is 2. The quantitative estimate of drug-likeness (QED) is 0.457. The Hall–Kier alpha value is -3.30. The first kappa shape index (κ1) is 28.2. The van der Waals surface area contributed by atoms with Gasteiger partial charge in [-0.05, 0) is 69.4 Å². The van der Waals surface area contributed by atoms with Gasteiger partial charge in [0.1, 0.15) is 11.6 Å². The molecule has 1 aromatic heterocycles. The number of nitrogens with zero attached hydrogens (tertiary/aromatic N) is 4. The number of likely N-dealkylation sites (tertiary alicyclic amines) is 1. The van der Waals surface area contributed by atoms with Crippen LogP contribution >= 0.6 is 0 Å². The van der Waals surface area contributed by atoms with Gasteiger partial charge in [0.2, 0.25) is 11.9 Å². The second-order valence-electron chi connectivity index (χ2n) is 12.3. The number of carbonyl (C=O) groups is 1. The van der Waals surface area contributed by atoms with Gasteiger partial charge in [-0.25, -0.2) is 13.8 Å². The molecule has 0 unspecified atom stereocenters. The molecule has 1 amide bonds. The summed E-state index contributed by atoms with van der Waals surface area (Å²) < 4.78 is 30.5. The van der Waals surface area contributed by atoms with Crippen molar-refractivity contribution in [2.45, 2.75) is 64.6 Å². The lowest BCUT2D eigenvalue weighted by Gasteiger charge is -2.33. The molecule has 2 aliphatic rings. The van der Waals surface area contributed by atoms with Gasteiger partial charge in [-0.1, -0.05) is 18.2 Å². The average Bonchev–Trinajstić information content (AvgIpc) is 3.53. The van der Waals surface area contributed by atoms with Crippen LogP contribution in [0.4, 0.5) is 20.4 Å². The fourth-order valence-electron chi connectivity index (χ4n) is 5.92. The van der Waals surface area contributed by atoms with Crippen molar-refractivity contribution in [3.05, 3.63) is 77.1 Å². The fraction of sp³-hybridized carbons (Fsp3) is 0.484. The largest absolute Gasteiger partial charge is 0.371 e. The zero-order valence-electron chi connectivity index (χ0n) is 23.8. The highest BCUT2D eigenvalue weighted by molar-refractivity contribution is 5.92. The Morgan fingerprint density at radius 3 is 2.55 bits per heavy atom. The van der Waals surface area contributed by atoms with Crippen molar-refractivity contribution in [2.24, 2.45) is 11.7 Å². The van der Waals surface area contributed by atoms with E-state index in [-0.39, 0.29) is 17.5 Å². The van der Waals surface area contributed by atoms with Crippen molar-refractivity contribution in [3.63, 3.8) is 0 Å². The van der Waals surface area contributed by atoms with Crippen LogP contribution in [0, 0.1) is 24.5 Å². The monoisotopic (exact) mass is 550 g/mol. The van der Waals surface area contributed by atoms with Gasteiger partial charge in [-0.15, -0.1) is 0 Å². The van der Waals surface area contributed by atoms with Gasteiger partial charge in [-0.2, -0.15) is 0 Å².